The third-order valence-electron chi connectivity index (χ3n) is 2.37. The number of ketones is 1. The lowest BCUT2D eigenvalue weighted by Gasteiger charge is -2.09. The number of ether oxygens (including phenoxy) is 2. The molecule has 0 radical (unpaired) electrons. The number of non-ortho nitro benzene ring substituents is 1. The van der Waals surface area contributed by atoms with Crippen molar-refractivity contribution in [3.63, 3.8) is 0 Å². The Balaban J connectivity index is 3.05. The molecule has 0 saturated heterocycles. The highest BCUT2D eigenvalue weighted by Gasteiger charge is 2.17. The Hall–Kier alpha value is -2.44. The van der Waals surface area contributed by atoms with E-state index in [9.17, 15) is 19.7 Å². The molecule has 0 fully saturated rings. The number of nitro benzene ring substituents is 1. The number of Topliss-reactive ketones (excluding diaryl/α,β-unsaturated/α-hetero) is 1. The Morgan fingerprint density at radius 1 is 1.37 bits per heavy atom. The van der Waals surface area contributed by atoms with E-state index in [4.69, 9.17) is 4.74 Å². The molecule has 0 aliphatic rings. The lowest BCUT2D eigenvalue weighted by molar-refractivity contribution is -0.384. The number of esters is 1. The summed E-state index contributed by atoms with van der Waals surface area (Å²) in [6.07, 6.45) is 0.176. The monoisotopic (exact) mass is 267 g/mol. The fourth-order valence-corrected chi connectivity index (χ4v) is 1.36. The van der Waals surface area contributed by atoms with Crippen LogP contribution in [0.2, 0.25) is 0 Å². The van der Waals surface area contributed by atoms with Crippen molar-refractivity contribution in [3.8, 4) is 5.75 Å². The number of carbonyl (C=O) groups excluding carboxylic acids is 2. The maximum Gasteiger partial charge on any atom is 0.343 e. The molecule has 0 heterocycles. The van der Waals surface area contributed by atoms with Crippen molar-refractivity contribution in [1.29, 1.82) is 0 Å². The number of carbonyl (C=O) groups is 2. The molecule has 0 aliphatic carbocycles. The van der Waals surface area contributed by atoms with Crippen LogP contribution in [0, 0.1) is 10.1 Å². The predicted octanol–water partition coefficient (Wildman–Crippen LogP) is 1.74. The molecule has 0 unspecified atom stereocenters. The molecule has 102 valence electrons. The third kappa shape index (κ3) is 3.77. The molecule has 0 spiro atoms. The Morgan fingerprint density at radius 2 is 2.05 bits per heavy atom. The summed E-state index contributed by atoms with van der Waals surface area (Å²) in [6, 6.07) is 3.64. The zero-order valence-electron chi connectivity index (χ0n) is 10.5. The van der Waals surface area contributed by atoms with Gasteiger partial charge in [-0.15, -0.1) is 0 Å². The van der Waals surface area contributed by atoms with Crippen molar-refractivity contribution in [1.82, 2.24) is 0 Å². The maximum atomic E-state index is 11.7. The van der Waals surface area contributed by atoms with Crippen LogP contribution in [0.3, 0.4) is 0 Å². The molecular weight excluding hydrogens is 254 g/mol. The summed E-state index contributed by atoms with van der Waals surface area (Å²) in [5.74, 6) is -0.778. The largest absolute Gasteiger partial charge is 0.481 e. The summed E-state index contributed by atoms with van der Waals surface area (Å²) in [5, 5.41) is 10.7. The lowest BCUT2D eigenvalue weighted by atomic mass is 10.1. The van der Waals surface area contributed by atoms with Crippen molar-refractivity contribution in [2.24, 2.45) is 0 Å². The molecule has 7 nitrogen and oxygen atoms in total. The van der Waals surface area contributed by atoms with Gasteiger partial charge in [-0.2, -0.15) is 0 Å². The number of hydrogen-bond acceptors (Lipinski definition) is 6. The number of hydrogen-bond donors (Lipinski definition) is 0. The minimum atomic E-state index is -0.603. The number of methoxy groups -OCH3 is 1. The Bertz CT molecular complexity index is 511. The van der Waals surface area contributed by atoms with Gasteiger partial charge in [0.05, 0.1) is 17.6 Å². The number of rotatable bonds is 6. The minimum Gasteiger partial charge on any atom is -0.481 e. The van der Waals surface area contributed by atoms with E-state index in [0.29, 0.717) is 0 Å². The molecule has 0 bridgehead atoms. The van der Waals surface area contributed by atoms with E-state index in [1.165, 1.54) is 19.2 Å². The zero-order valence-corrected chi connectivity index (χ0v) is 10.5. The van der Waals surface area contributed by atoms with Gasteiger partial charge in [0, 0.05) is 18.6 Å². The van der Waals surface area contributed by atoms with Gasteiger partial charge in [-0.25, -0.2) is 4.79 Å². The van der Waals surface area contributed by atoms with E-state index in [-0.39, 0.29) is 35.8 Å². The minimum absolute atomic E-state index is 0.0839. The first kappa shape index (κ1) is 14.6. The lowest BCUT2D eigenvalue weighted by Crippen LogP contribution is -2.14. The summed E-state index contributed by atoms with van der Waals surface area (Å²) < 4.78 is 9.53. The second-order valence-corrected chi connectivity index (χ2v) is 3.58. The topological polar surface area (TPSA) is 95.7 Å². The van der Waals surface area contributed by atoms with Crippen molar-refractivity contribution in [2.45, 2.75) is 13.3 Å². The average molecular weight is 267 g/mol. The van der Waals surface area contributed by atoms with Gasteiger partial charge in [0.1, 0.15) is 5.75 Å². The van der Waals surface area contributed by atoms with Crippen LogP contribution < -0.4 is 4.74 Å². The van der Waals surface area contributed by atoms with E-state index in [2.05, 4.69) is 4.74 Å². The molecule has 1 aromatic rings. The summed E-state index contributed by atoms with van der Waals surface area (Å²) in [7, 11) is 1.21. The summed E-state index contributed by atoms with van der Waals surface area (Å²) in [6.45, 7) is 1.27. The second kappa shape index (κ2) is 6.48. The average Bonchev–Trinajstić information content (AvgIpc) is 2.43. The molecule has 1 aromatic carbocycles. The van der Waals surface area contributed by atoms with Crippen LogP contribution in [0.15, 0.2) is 18.2 Å². The van der Waals surface area contributed by atoms with Crippen molar-refractivity contribution in [2.75, 3.05) is 13.7 Å². The smallest absolute Gasteiger partial charge is 0.343 e. The highest BCUT2D eigenvalue weighted by Crippen LogP contribution is 2.25. The first-order valence-corrected chi connectivity index (χ1v) is 5.50. The van der Waals surface area contributed by atoms with Gasteiger partial charge < -0.3 is 9.47 Å². The van der Waals surface area contributed by atoms with Crippen molar-refractivity contribution < 1.29 is 24.0 Å². The van der Waals surface area contributed by atoms with Crippen molar-refractivity contribution in [3.05, 3.63) is 33.9 Å². The van der Waals surface area contributed by atoms with Crippen LogP contribution in [-0.2, 0) is 9.53 Å². The van der Waals surface area contributed by atoms with Gasteiger partial charge in [-0.1, -0.05) is 6.92 Å². The molecule has 0 atom stereocenters. The molecule has 0 amide bonds. The van der Waals surface area contributed by atoms with Gasteiger partial charge in [-0.3, -0.25) is 14.9 Å². The molecule has 0 aliphatic heterocycles. The molecule has 0 aromatic heterocycles. The summed E-state index contributed by atoms with van der Waals surface area (Å²) in [4.78, 5) is 32.7. The molecule has 7 heteroatoms. The Morgan fingerprint density at radius 3 is 2.58 bits per heavy atom. The first-order chi connectivity index (χ1) is 8.99. The zero-order chi connectivity index (χ0) is 14.4. The van der Waals surface area contributed by atoms with Gasteiger partial charge >= 0.3 is 5.97 Å². The standard InChI is InChI=1S/C12H13NO6/c1-3-10(14)9-6-8(13(16)17)4-5-11(9)19-7-12(15)18-2/h4-6H,3,7H2,1-2H3. The number of nitrogens with zero attached hydrogens (tertiary/aromatic N) is 1. The third-order valence-corrected chi connectivity index (χ3v) is 2.37. The number of nitro groups is 1. The van der Waals surface area contributed by atoms with Crippen LogP contribution in [0.1, 0.15) is 23.7 Å². The van der Waals surface area contributed by atoms with Crippen LogP contribution in [0.25, 0.3) is 0 Å². The first-order valence-electron chi connectivity index (χ1n) is 5.50. The van der Waals surface area contributed by atoms with Gasteiger partial charge in [0.15, 0.2) is 12.4 Å². The predicted molar refractivity (Wildman–Crippen MR) is 65.2 cm³/mol. The van der Waals surface area contributed by atoms with Crippen LogP contribution >= 0.6 is 0 Å². The molecule has 0 saturated carbocycles. The van der Waals surface area contributed by atoms with Crippen LogP contribution in [0.5, 0.6) is 5.75 Å². The van der Waals surface area contributed by atoms with Crippen molar-refractivity contribution >= 4 is 17.4 Å². The molecular formula is C12H13NO6. The van der Waals surface area contributed by atoms with Gasteiger partial charge in [0.25, 0.3) is 5.69 Å². The molecule has 1 rings (SSSR count). The second-order valence-electron chi connectivity index (χ2n) is 3.58. The van der Waals surface area contributed by atoms with Gasteiger partial charge in [0.2, 0.25) is 0 Å². The summed E-state index contributed by atoms with van der Waals surface area (Å²) in [5.41, 5.74) is -0.122. The number of benzene rings is 1. The van der Waals surface area contributed by atoms with Gasteiger partial charge in [-0.05, 0) is 6.07 Å². The highest BCUT2D eigenvalue weighted by molar-refractivity contribution is 5.99. The fourth-order valence-electron chi connectivity index (χ4n) is 1.36. The highest BCUT2D eigenvalue weighted by atomic mass is 16.6. The van der Waals surface area contributed by atoms with E-state index >= 15 is 0 Å². The quantitative estimate of drug-likeness (QED) is 0.337. The van der Waals surface area contributed by atoms with E-state index < -0.39 is 10.9 Å². The normalized spacial score (nSPS) is 9.79. The molecule has 0 N–H and O–H groups in total. The SMILES string of the molecule is CCC(=O)c1cc([N+](=O)[O-])ccc1OCC(=O)OC. The van der Waals surface area contributed by atoms with E-state index in [0.717, 1.165) is 6.07 Å². The van der Waals surface area contributed by atoms with Crippen LogP contribution in [0.4, 0.5) is 5.69 Å². The van der Waals surface area contributed by atoms with E-state index in [1.54, 1.807) is 6.92 Å². The molecule has 19 heavy (non-hydrogen) atoms. The van der Waals surface area contributed by atoms with Crippen LogP contribution in [-0.4, -0.2) is 30.4 Å². The van der Waals surface area contributed by atoms with E-state index in [1.807, 2.05) is 0 Å². The Labute approximate surface area is 109 Å². The maximum absolute atomic E-state index is 11.7. The Kier molecular flexibility index (Phi) is 4.99. The fraction of sp³-hybridized carbons (Fsp3) is 0.333. The summed E-state index contributed by atoms with van der Waals surface area (Å²) >= 11 is 0.